The number of nitrogens with zero attached hydrogens (tertiary/aromatic N) is 1. The number of nitrogens with two attached hydrogens (primary N) is 1. The van der Waals surface area contributed by atoms with E-state index in [2.05, 4.69) is 0 Å². The number of alkyl halides is 3. The Balaban J connectivity index is 2.83. The van der Waals surface area contributed by atoms with Crippen LogP contribution in [0.15, 0.2) is 0 Å². The molecule has 1 aliphatic heterocycles. The van der Waals surface area contributed by atoms with Crippen molar-refractivity contribution in [1.82, 2.24) is 4.90 Å². The van der Waals surface area contributed by atoms with Gasteiger partial charge in [-0.15, -0.1) is 0 Å². The molecule has 0 aromatic rings. The second-order valence-electron chi connectivity index (χ2n) is 4.22. The van der Waals surface area contributed by atoms with Crippen LogP contribution in [-0.4, -0.2) is 48.3 Å². The van der Waals surface area contributed by atoms with Gasteiger partial charge >= 0.3 is 6.18 Å². The minimum Gasteiger partial charge on any atom is -0.364 e. The maximum atomic E-state index is 12.9. The summed E-state index contributed by atoms with van der Waals surface area (Å²) in [6, 6.07) is -0.791. The van der Waals surface area contributed by atoms with Crippen LogP contribution in [0.2, 0.25) is 0 Å². The number of hydrogen-bond donors (Lipinski definition) is 1. The Morgan fingerprint density at radius 3 is 2.59 bits per heavy atom. The van der Waals surface area contributed by atoms with Crippen molar-refractivity contribution < 1.29 is 22.7 Å². The topological polar surface area (TPSA) is 55.6 Å². The summed E-state index contributed by atoms with van der Waals surface area (Å²) in [5, 5.41) is 0. The van der Waals surface area contributed by atoms with Gasteiger partial charge in [-0.25, -0.2) is 0 Å². The van der Waals surface area contributed by atoms with E-state index in [0.717, 1.165) is 4.90 Å². The second-order valence-corrected chi connectivity index (χ2v) is 4.22. The molecule has 2 atom stereocenters. The van der Waals surface area contributed by atoms with E-state index in [1.54, 1.807) is 0 Å². The highest BCUT2D eigenvalue weighted by Gasteiger charge is 2.59. The highest BCUT2D eigenvalue weighted by atomic mass is 19.4. The highest BCUT2D eigenvalue weighted by Crippen LogP contribution is 2.40. The molecule has 7 heteroatoms. The Labute approximate surface area is 97.9 Å². The molecule has 0 spiro atoms. The maximum absolute atomic E-state index is 12.9. The van der Waals surface area contributed by atoms with E-state index in [9.17, 15) is 18.0 Å². The third kappa shape index (κ3) is 2.71. The van der Waals surface area contributed by atoms with Crippen LogP contribution in [0.4, 0.5) is 13.2 Å². The van der Waals surface area contributed by atoms with Gasteiger partial charge in [0, 0.05) is 19.6 Å². The van der Waals surface area contributed by atoms with Crippen molar-refractivity contribution in [1.29, 1.82) is 0 Å². The molecule has 1 aliphatic rings. The molecule has 2 N–H and O–H groups in total. The van der Waals surface area contributed by atoms with E-state index < -0.39 is 30.3 Å². The number of hydrogen-bond acceptors (Lipinski definition) is 3. The predicted octanol–water partition coefficient (Wildman–Crippen LogP) is 0.904. The van der Waals surface area contributed by atoms with Gasteiger partial charge in [-0.3, -0.25) is 4.79 Å². The quantitative estimate of drug-likeness (QED) is 0.814. The van der Waals surface area contributed by atoms with Crippen molar-refractivity contribution in [2.75, 3.05) is 19.7 Å². The zero-order chi connectivity index (χ0) is 13.3. The van der Waals surface area contributed by atoms with Crippen molar-refractivity contribution in [2.45, 2.75) is 38.1 Å². The fourth-order valence-electron chi connectivity index (χ4n) is 1.97. The van der Waals surface area contributed by atoms with Crippen LogP contribution in [0.5, 0.6) is 0 Å². The molecule has 0 radical (unpaired) electrons. The summed E-state index contributed by atoms with van der Waals surface area (Å²) in [5.74, 6) is -0.476. The summed E-state index contributed by atoms with van der Waals surface area (Å²) in [7, 11) is 0. The van der Waals surface area contributed by atoms with Crippen LogP contribution < -0.4 is 5.73 Å². The average molecular weight is 254 g/mol. The van der Waals surface area contributed by atoms with Gasteiger partial charge in [0.05, 0.1) is 12.6 Å². The van der Waals surface area contributed by atoms with Gasteiger partial charge in [-0.1, -0.05) is 0 Å². The Kier molecular flexibility index (Phi) is 4.03. The first-order valence-electron chi connectivity index (χ1n) is 5.48. The van der Waals surface area contributed by atoms with Crippen LogP contribution >= 0.6 is 0 Å². The van der Waals surface area contributed by atoms with Crippen molar-refractivity contribution in [3.05, 3.63) is 0 Å². The van der Waals surface area contributed by atoms with E-state index in [1.807, 2.05) is 0 Å². The number of amides is 1. The summed E-state index contributed by atoms with van der Waals surface area (Å²) >= 11 is 0. The Bertz CT molecular complexity index is 294. The molecule has 1 fully saturated rings. The lowest BCUT2D eigenvalue weighted by atomic mass is 10.0. The maximum Gasteiger partial charge on any atom is 0.419 e. The SMILES string of the molecule is CCOC1(C(F)(F)F)CCN(C(=O)C(C)N)C1. The number of halogens is 3. The van der Waals surface area contributed by atoms with Gasteiger partial charge in [0.2, 0.25) is 5.91 Å². The molecule has 100 valence electrons. The largest absolute Gasteiger partial charge is 0.419 e. The summed E-state index contributed by atoms with van der Waals surface area (Å²) in [4.78, 5) is 12.7. The molecule has 1 heterocycles. The van der Waals surface area contributed by atoms with Crippen LogP contribution in [0.1, 0.15) is 20.3 Å². The molecule has 0 aromatic heterocycles. The lowest BCUT2D eigenvalue weighted by Crippen LogP contribution is -2.51. The van der Waals surface area contributed by atoms with E-state index in [1.165, 1.54) is 13.8 Å². The molecule has 1 saturated heterocycles. The van der Waals surface area contributed by atoms with Gasteiger partial charge in [-0.05, 0) is 13.8 Å². The van der Waals surface area contributed by atoms with Gasteiger partial charge < -0.3 is 15.4 Å². The summed E-state index contributed by atoms with van der Waals surface area (Å²) in [6.07, 6.45) is -4.71. The summed E-state index contributed by atoms with van der Waals surface area (Å²) in [5.41, 5.74) is 3.14. The lowest BCUT2D eigenvalue weighted by molar-refractivity contribution is -0.270. The van der Waals surface area contributed by atoms with Crippen LogP contribution in [0, 0.1) is 0 Å². The van der Waals surface area contributed by atoms with Crippen molar-refractivity contribution >= 4 is 5.91 Å². The first kappa shape index (κ1) is 14.2. The van der Waals surface area contributed by atoms with Gasteiger partial charge in [0.15, 0.2) is 5.60 Å². The molecule has 1 rings (SSSR count). The normalized spacial score (nSPS) is 27.3. The Hall–Kier alpha value is -0.820. The van der Waals surface area contributed by atoms with Crippen molar-refractivity contribution in [2.24, 2.45) is 5.73 Å². The Morgan fingerprint density at radius 2 is 2.18 bits per heavy atom. The first-order valence-corrected chi connectivity index (χ1v) is 5.48. The molecular formula is C10H17F3N2O2. The predicted molar refractivity (Wildman–Crippen MR) is 55.3 cm³/mol. The van der Waals surface area contributed by atoms with Crippen LogP contribution in [-0.2, 0) is 9.53 Å². The lowest BCUT2D eigenvalue weighted by Gasteiger charge is -2.31. The molecule has 2 unspecified atom stereocenters. The summed E-state index contributed by atoms with van der Waals surface area (Å²) < 4.78 is 43.7. The average Bonchev–Trinajstić information content (AvgIpc) is 2.62. The first-order chi connectivity index (χ1) is 7.73. The van der Waals surface area contributed by atoms with E-state index >= 15 is 0 Å². The number of carbonyl (C=O) groups excluding carboxylic acids is 1. The van der Waals surface area contributed by atoms with Crippen molar-refractivity contribution in [3.63, 3.8) is 0 Å². The molecular weight excluding hydrogens is 237 g/mol. The fraction of sp³-hybridized carbons (Fsp3) is 0.900. The summed E-state index contributed by atoms with van der Waals surface area (Å²) in [6.45, 7) is 2.48. The molecule has 0 aromatic carbocycles. The minimum atomic E-state index is -4.48. The van der Waals surface area contributed by atoms with Crippen LogP contribution in [0.3, 0.4) is 0 Å². The Morgan fingerprint density at radius 1 is 1.59 bits per heavy atom. The fourth-order valence-corrected chi connectivity index (χ4v) is 1.97. The van der Waals surface area contributed by atoms with E-state index in [0.29, 0.717) is 0 Å². The van der Waals surface area contributed by atoms with Gasteiger partial charge in [0.1, 0.15) is 0 Å². The number of carbonyl (C=O) groups is 1. The molecule has 1 amide bonds. The molecule has 0 saturated carbocycles. The minimum absolute atomic E-state index is 0.0277. The molecule has 0 aliphatic carbocycles. The van der Waals surface area contributed by atoms with E-state index in [4.69, 9.17) is 10.5 Å². The monoisotopic (exact) mass is 254 g/mol. The van der Waals surface area contributed by atoms with Crippen LogP contribution in [0.25, 0.3) is 0 Å². The van der Waals surface area contributed by atoms with Gasteiger partial charge in [-0.2, -0.15) is 13.2 Å². The van der Waals surface area contributed by atoms with Gasteiger partial charge in [0.25, 0.3) is 0 Å². The number of rotatable bonds is 3. The smallest absolute Gasteiger partial charge is 0.364 e. The third-order valence-electron chi connectivity index (χ3n) is 2.87. The van der Waals surface area contributed by atoms with E-state index in [-0.39, 0.29) is 19.6 Å². The standard InChI is InChI=1S/C10H17F3N2O2/c1-3-17-9(10(11,12)13)4-5-15(6-9)8(16)7(2)14/h7H,3-6,14H2,1-2H3. The second kappa shape index (κ2) is 4.81. The molecule has 17 heavy (non-hydrogen) atoms. The number of ether oxygens (including phenoxy) is 1. The third-order valence-corrected chi connectivity index (χ3v) is 2.87. The molecule has 0 bridgehead atoms. The zero-order valence-electron chi connectivity index (χ0n) is 9.88. The highest BCUT2D eigenvalue weighted by molar-refractivity contribution is 5.81. The molecule has 4 nitrogen and oxygen atoms in total. The zero-order valence-corrected chi connectivity index (χ0v) is 9.88. The van der Waals surface area contributed by atoms with Crippen molar-refractivity contribution in [3.8, 4) is 0 Å². The number of likely N-dealkylation sites (tertiary alicyclic amines) is 1.